The van der Waals surface area contributed by atoms with Crippen LogP contribution < -0.4 is 10.6 Å². The Morgan fingerprint density at radius 1 is 1.00 bits per heavy atom. The topological polar surface area (TPSA) is 88.9 Å². The zero-order valence-electron chi connectivity index (χ0n) is 17.4. The van der Waals surface area contributed by atoms with E-state index in [0.717, 1.165) is 12.1 Å². The molecule has 0 aliphatic carbocycles. The molecule has 0 radical (unpaired) electrons. The Labute approximate surface area is 194 Å². The zero-order valence-corrected chi connectivity index (χ0v) is 18.2. The number of halogens is 4. The second kappa shape index (κ2) is 9.06. The lowest BCUT2D eigenvalue weighted by Crippen LogP contribution is -2.18. The highest BCUT2D eigenvalue weighted by atomic mass is 32.1. The van der Waals surface area contributed by atoms with Crippen LogP contribution in [0.15, 0.2) is 60.0 Å². The van der Waals surface area contributed by atoms with Crippen LogP contribution in [-0.4, -0.2) is 26.6 Å². The van der Waals surface area contributed by atoms with Crippen molar-refractivity contribution < 1.29 is 27.2 Å². The summed E-state index contributed by atoms with van der Waals surface area (Å²) in [5, 5.41) is 10.6. The third-order valence-corrected chi connectivity index (χ3v) is 5.38. The van der Waals surface area contributed by atoms with Gasteiger partial charge in [-0.1, -0.05) is 12.1 Å². The van der Waals surface area contributed by atoms with Gasteiger partial charge in [-0.05, 0) is 47.8 Å². The maximum Gasteiger partial charge on any atom is 0.416 e. The molecule has 0 bridgehead atoms. The van der Waals surface area contributed by atoms with Gasteiger partial charge in [-0.2, -0.15) is 13.2 Å². The molecule has 34 heavy (non-hydrogen) atoms. The minimum atomic E-state index is -4.67. The number of anilines is 2. The molecule has 0 unspecified atom stereocenters. The molecule has 0 atom stereocenters. The highest BCUT2D eigenvalue weighted by molar-refractivity contribution is 7.13. The van der Waals surface area contributed by atoms with Crippen molar-refractivity contribution in [2.45, 2.75) is 13.1 Å². The van der Waals surface area contributed by atoms with Crippen LogP contribution in [0.5, 0.6) is 0 Å². The summed E-state index contributed by atoms with van der Waals surface area (Å²) in [7, 11) is 0. The summed E-state index contributed by atoms with van der Waals surface area (Å²) in [6.07, 6.45) is -4.67. The molecule has 0 spiro atoms. The fourth-order valence-corrected chi connectivity index (χ4v) is 3.76. The second-order valence-corrected chi connectivity index (χ2v) is 7.97. The predicted octanol–water partition coefficient (Wildman–Crippen LogP) is 5.36. The third-order valence-electron chi connectivity index (χ3n) is 4.51. The van der Waals surface area contributed by atoms with Crippen LogP contribution >= 0.6 is 11.3 Å². The molecule has 0 fully saturated rings. The SMILES string of the molecule is CC(=O)Nc1ccc(C(F)(F)F)cc1NC(=O)c1nc(-c2cccs2)n(-c2cccc(F)c2)n1. The fraction of sp³-hybridized carbons (Fsp3) is 0.0909. The first-order chi connectivity index (χ1) is 16.1. The van der Waals surface area contributed by atoms with Crippen molar-refractivity contribution in [2.24, 2.45) is 0 Å². The molecule has 12 heteroatoms. The first kappa shape index (κ1) is 23.1. The number of hydrogen-bond donors (Lipinski definition) is 2. The zero-order chi connectivity index (χ0) is 24.5. The van der Waals surface area contributed by atoms with Crippen molar-refractivity contribution in [3.8, 4) is 16.4 Å². The van der Waals surface area contributed by atoms with E-state index >= 15 is 0 Å². The number of amides is 2. The Kier molecular flexibility index (Phi) is 6.16. The van der Waals surface area contributed by atoms with Crippen molar-refractivity contribution in [1.29, 1.82) is 0 Å². The maximum atomic E-state index is 13.8. The largest absolute Gasteiger partial charge is 0.416 e. The third kappa shape index (κ3) is 4.96. The average Bonchev–Trinajstić information content (AvgIpc) is 3.44. The van der Waals surface area contributed by atoms with Crippen LogP contribution in [-0.2, 0) is 11.0 Å². The van der Waals surface area contributed by atoms with Gasteiger partial charge in [-0.3, -0.25) is 9.59 Å². The normalized spacial score (nSPS) is 11.3. The lowest BCUT2D eigenvalue weighted by Gasteiger charge is -2.14. The number of carbonyl (C=O) groups excluding carboxylic acids is 2. The first-order valence-electron chi connectivity index (χ1n) is 9.69. The van der Waals surface area contributed by atoms with Crippen molar-refractivity contribution in [2.75, 3.05) is 10.6 Å². The number of benzene rings is 2. The van der Waals surface area contributed by atoms with E-state index in [4.69, 9.17) is 0 Å². The summed E-state index contributed by atoms with van der Waals surface area (Å²) >= 11 is 1.31. The van der Waals surface area contributed by atoms with E-state index in [1.54, 1.807) is 23.6 Å². The minimum Gasteiger partial charge on any atom is -0.325 e. The number of rotatable bonds is 5. The second-order valence-electron chi connectivity index (χ2n) is 7.02. The monoisotopic (exact) mass is 489 g/mol. The van der Waals surface area contributed by atoms with Gasteiger partial charge >= 0.3 is 6.18 Å². The summed E-state index contributed by atoms with van der Waals surface area (Å²) in [6.45, 7) is 1.18. The van der Waals surface area contributed by atoms with Gasteiger partial charge in [-0.25, -0.2) is 14.1 Å². The van der Waals surface area contributed by atoms with E-state index in [0.29, 0.717) is 16.6 Å². The summed E-state index contributed by atoms with van der Waals surface area (Å²) in [4.78, 5) is 29.3. The van der Waals surface area contributed by atoms with E-state index < -0.39 is 29.4 Å². The van der Waals surface area contributed by atoms with E-state index in [2.05, 4.69) is 20.7 Å². The van der Waals surface area contributed by atoms with Crippen LogP contribution in [0, 0.1) is 5.82 Å². The summed E-state index contributed by atoms with van der Waals surface area (Å²) < 4.78 is 54.7. The van der Waals surface area contributed by atoms with Crippen molar-refractivity contribution in [1.82, 2.24) is 14.8 Å². The van der Waals surface area contributed by atoms with Crippen LogP contribution in [0.2, 0.25) is 0 Å². The van der Waals surface area contributed by atoms with E-state index in [9.17, 15) is 27.2 Å². The first-order valence-corrected chi connectivity index (χ1v) is 10.6. The molecule has 174 valence electrons. The van der Waals surface area contributed by atoms with Crippen molar-refractivity contribution in [3.63, 3.8) is 0 Å². The number of hydrogen-bond acceptors (Lipinski definition) is 5. The molecule has 0 aliphatic heterocycles. The molecule has 2 aromatic carbocycles. The molecule has 2 heterocycles. The number of alkyl halides is 3. The Morgan fingerprint density at radius 3 is 2.44 bits per heavy atom. The lowest BCUT2D eigenvalue weighted by atomic mass is 10.1. The Balaban J connectivity index is 1.74. The molecule has 4 aromatic rings. The van der Waals surface area contributed by atoms with Gasteiger partial charge in [-0.15, -0.1) is 16.4 Å². The summed E-state index contributed by atoms with van der Waals surface area (Å²) in [5.74, 6) is -2.10. The van der Waals surface area contributed by atoms with Crippen molar-refractivity contribution >= 4 is 34.5 Å². The van der Waals surface area contributed by atoms with Gasteiger partial charge in [0.1, 0.15) is 5.82 Å². The van der Waals surface area contributed by atoms with Gasteiger partial charge in [0.25, 0.3) is 5.91 Å². The minimum absolute atomic E-state index is 0.0307. The van der Waals surface area contributed by atoms with Gasteiger partial charge in [0.15, 0.2) is 5.82 Å². The number of nitrogens with one attached hydrogen (secondary N) is 2. The smallest absolute Gasteiger partial charge is 0.325 e. The summed E-state index contributed by atoms with van der Waals surface area (Å²) in [5.41, 5.74) is -1.03. The number of nitrogens with zero attached hydrogens (tertiary/aromatic N) is 3. The Bertz CT molecular complexity index is 1370. The van der Waals surface area contributed by atoms with E-state index in [1.165, 1.54) is 41.1 Å². The molecule has 0 saturated carbocycles. The highest BCUT2D eigenvalue weighted by Crippen LogP contribution is 2.34. The predicted molar refractivity (Wildman–Crippen MR) is 118 cm³/mol. The molecular weight excluding hydrogens is 474 g/mol. The van der Waals surface area contributed by atoms with Crippen LogP contribution in [0.25, 0.3) is 16.4 Å². The molecule has 2 amide bonds. The molecule has 2 N–H and O–H groups in total. The van der Waals surface area contributed by atoms with Gasteiger partial charge < -0.3 is 10.6 Å². The maximum absolute atomic E-state index is 13.8. The number of thiophene rings is 1. The molecular formula is C22H15F4N5O2S. The van der Waals surface area contributed by atoms with Crippen LogP contribution in [0.4, 0.5) is 28.9 Å². The standard InChI is InChI=1S/C22H15F4N5O2S/c1-12(32)27-16-8-7-13(22(24,25)26)10-17(16)28-21(33)19-29-20(18-6-3-9-34-18)31(30-19)15-5-2-4-14(23)11-15/h2-11H,1H3,(H,27,32)(H,28,33). The molecule has 2 aromatic heterocycles. The molecule has 7 nitrogen and oxygen atoms in total. The lowest BCUT2D eigenvalue weighted by molar-refractivity contribution is -0.137. The van der Waals surface area contributed by atoms with Gasteiger partial charge in [0.05, 0.1) is 27.5 Å². The summed E-state index contributed by atoms with van der Waals surface area (Å²) in [6, 6.07) is 11.5. The van der Waals surface area contributed by atoms with Crippen LogP contribution in [0.1, 0.15) is 23.1 Å². The number of aromatic nitrogens is 3. The molecule has 0 saturated heterocycles. The van der Waals surface area contributed by atoms with Gasteiger partial charge in [0, 0.05) is 6.92 Å². The molecule has 4 rings (SSSR count). The van der Waals surface area contributed by atoms with Gasteiger partial charge in [0.2, 0.25) is 11.7 Å². The van der Waals surface area contributed by atoms with Crippen LogP contribution in [0.3, 0.4) is 0 Å². The number of carbonyl (C=O) groups is 2. The molecule has 0 aliphatic rings. The average molecular weight is 489 g/mol. The van der Waals surface area contributed by atoms with E-state index in [-0.39, 0.29) is 23.0 Å². The fourth-order valence-electron chi connectivity index (χ4n) is 3.06. The highest BCUT2D eigenvalue weighted by Gasteiger charge is 2.31. The Morgan fingerprint density at radius 2 is 1.79 bits per heavy atom. The quantitative estimate of drug-likeness (QED) is 0.369. The van der Waals surface area contributed by atoms with E-state index in [1.807, 2.05) is 0 Å². The Hall–Kier alpha value is -4.06. The van der Waals surface area contributed by atoms with Crippen molar-refractivity contribution in [3.05, 3.63) is 77.2 Å².